The molecule has 0 radical (unpaired) electrons. The highest BCUT2D eigenvalue weighted by molar-refractivity contribution is 7.99. The van der Waals surface area contributed by atoms with E-state index in [1.165, 1.54) is 44.1 Å². The highest BCUT2D eigenvalue weighted by atomic mass is 32.2. The van der Waals surface area contributed by atoms with Gasteiger partial charge in [0.2, 0.25) is 5.91 Å². The molecule has 1 atom stereocenters. The van der Waals surface area contributed by atoms with Gasteiger partial charge >= 0.3 is 0 Å². The average molecular weight is 418 g/mol. The standard InChI is InChI=1S/C22H32N4O2S/c1-3-17(2)23-20(27)16-29-22-24-19-11-6-5-10-18(19)21(28)26(22)15-9-14-25-12-7-4-8-13-25/h5-6,10-11,17H,3-4,7-9,12-16H2,1-2H3,(H,23,27)/p+1/t17-/m0/s1. The first-order chi connectivity index (χ1) is 14.1. The van der Waals surface area contributed by atoms with Crippen molar-refractivity contribution in [2.75, 3.05) is 25.4 Å². The van der Waals surface area contributed by atoms with Crippen LogP contribution in [0.1, 0.15) is 46.0 Å². The molecule has 2 N–H and O–H groups in total. The van der Waals surface area contributed by atoms with E-state index in [4.69, 9.17) is 4.98 Å². The maximum absolute atomic E-state index is 13.1. The number of fused-ring (bicyclic) bond motifs is 1. The van der Waals surface area contributed by atoms with Crippen molar-refractivity contribution in [3.63, 3.8) is 0 Å². The molecule has 0 aliphatic carbocycles. The fraction of sp³-hybridized carbons (Fsp3) is 0.591. The minimum absolute atomic E-state index is 0.00548. The van der Waals surface area contributed by atoms with Gasteiger partial charge in [-0.1, -0.05) is 30.8 Å². The van der Waals surface area contributed by atoms with Crippen molar-refractivity contribution < 1.29 is 9.69 Å². The quantitative estimate of drug-likeness (QED) is 0.483. The zero-order valence-electron chi connectivity index (χ0n) is 17.6. The predicted molar refractivity (Wildman–Crippen MR) is 119 cm³/mol. The summed E-state index contributed by atoms with van der Waals surface area (Å²) in [6, 6.07) is 7.62. The number of nitrogens with one attached hydrogen (secondary N) is 2. The summed E-state index contributed by atoms with van der Waals surface area (Å²) in [4.78, 5) is 31.7. The Labute approximate surface area is 177 Å². The lowest BCUT2D eigenvalue weighted by Gasteiger charge is -2.23. The first-order valence-corrected chi connectivity index (χ1v) is 11.8. The Balaban J connectivity index is 1.74. The van der Waals surface area contributed by atoms with Gasteiger partial charge in [0, 0.05) is 19.0 Å². The molecule has 3 rings (SSSR count). The number of hydrogen-bond acceptors (Lipinski definition) is 4. The lowest BCUT2D eigenvalue weighted by Crippen LogP contribution is -3.12. The summed E-state index contributed by atoms with van der Waals surface area (Å²) >= 11 is 1.36. The molecule has 0 saturated carbocycles. The van der Waals surface area contributed by atoms with Crippen molar-refractivity contribution in [3.05, 3.63) is 34.6 Å². The van der Waals surface area contributed by atoms with Crippen LogP contribution in [0.2, 0.25) is 0 Å². The van der Waals surface area contributed by atoms with E-state index in [-0.39, 0.29) is 23.3 Å². The SMILES string of the molecule is CC[C@H](C)NC(=O)CSc1nc2ccccc2c(=O)n1CCC[NH+]1CCCCC1. The van der Waals surface area contributed by atoms with Crippen LogP contribution in [0, 0.1) is 0 Å². The van der Waals surface area contributed by atoms with Crippen molar-refractivity contribution in [3.8, 4) is 0 Å². The Kier molecular flexibility index (Phi) is 8.12. The number of amides is 1. The van der Waals surface area contributed by atoms with Gasteiger partial charge in [0.05, 0.1) is 36.3 Å². The molecular formula is C22H33N4O2S+. The van der Waals surface area contributed by atoms with E-state index in [0.717, 1.165) is 19.4 Å². The molecule has 7 heteroatoms. The van der Waals surface area contributed by atoms with Gasteiger partial charge in [0.1, 0.15) is 0 Å². The first kappa shape index (κ1) is 21.8. The van der Waals surface area contributed by atoms with Crippen LogP contribution in [-0.4, -0.2) is 46.9 Å². The van der Waals surface area contributed by atoms with Gasteiger partial charge in [-0.15, -0.1) is 0 Å². The third-order valence-electron chi connectivity index (χ3n) is 5.65. The normalized spacial score (nSPS) is 16.1. The molecule has 1 aliphatic rings. The molecule has 2 aromatic rings. The van der Waals surface area contributed by atoms with Gasteiger partial charge in [-0.05, 0) is 44.7 Å². The molecule has 1 fully saturated rings. The second-order valence-electron chi connectivity index (χ2n) is 7.95. The van der Waals surface area contributed by atoms with Gasteiger partial charge < -0.3 is 10.2 Å². The summed E-state index contributed by atoms with van der Waals surface area (Å²) in [5.41, 5.74) is 0.689. The third kappa shape index (κ3) is 6.06. The lowest BCUT2D eigenvalue weighted by atomic mass is 10.1. The molecule has 1 aromatic heterocycles. The molecule has 158 valence electrons. The molecule has 0 spiro atoms. The molecule has 2 heterocycles. The minimum atomic E-state index is -0.0175. The van der Waals surface area contributed by atoms with Crippen LogP contribution in [0.5, 0.6) is 0 Å². The van der Waals surface area contributed by atoms with Gasteiger partial charge in [0.25, 0.3) is 5.56 Å². The molecule has 1 amide bonds. The first-order valence-electron chi connectivity index (χ1n) is 10.8. The number of benzene rings is 1. The Morgan fingerprint density at radius 2 is 2.03 bits per heavy atom. The lowest BCUT2D eigenvalue weighted by molar-refractivity contribution is -0.905. The average Bonchev–Trinajstić information content (AvgIpc) is 2.74. The summed E-state index contributed by atoms with van der Waals surface area (Å²) in [7, 11) is 0. The zero-order valence-corrected chi connectivity index (χ0v) is 18.4. The van der Waals surface area contributed by atoms with E-state index in [2.05, 4.69) is 5.32 Å². The van der Waals surface area contributed by atoms with E-state index >= 15 is 0 Å². The molecule has 1 aromatic carbocycles. The van der Waals surface area contributed by atoms with E-state index < -0.39 is 0 Å². The van der Waals surface area contributed by atoms with E-state index in [1.54, 1.807) is 9.47 Å². The van der Waals surface area contributed by atoms with Crippen LogP contribution in [-0.2, 0) is 11.3 Å². The van der Waals surface area contributed by atoms with Gasteiger partial charge in [-0.3, -0.25) is 14.2 Å². The van der Waals surface area contributed by atoms with E-state index in [0.29, 0.717) is 22.6 Å². The van der Waals surface area contributed by atoms with Crippen LogP contribution in [0.3, 0.4) is 0 Å². The summed E-state index contributed by atoms with van der Waals surface area (Å²) in [6.45, 7) is 8.25. The fourth-order valence-corrected chi connectivity index (χ4v) is 4.63. The maximum Gasteiger partial charge on any atom is 0.262 e. The number of hydrogen-bond donors (Lipinski definition) is 2. The highest BCUT2D eigenvalue weighted by Crippen LogP contribution is 2.18. The molecule has 6 nitrogen and oxygen atoms in total. The van der Waals surface area contributed by atoms with Crippen molar-refractivity contribution in [2.45, 2.75) is 63.7 Å². The van der Waals surface area contributed by atoms with Gasteiger partial charge in [-0.25, -0.2) is 4.98 Å². The number of piperidine rings is 1. The Morgan fingerprint density at radius 3 is 2.79 bits per heavy atom. The molecular weight excluding hydrogens is 384 g/mol. The van der Waals surface area contributed by atoms with Gasteiger partial charge in [-0.2, -0.15) is 0 Å². The van der Waals surface area contributed by atoms with Crippen molar-refractivity contribution in [1.29, 1.82) is 0 Å². The zero-order chi connectivity index (χ0) is 20.6. The molecule has 0 bridgehead atoms. The summed E-state index contributed by atoms with van der Waals surface area (Å²) in [6.07, 6.45) is 5.80. The number of nitrogens with zero attached hydrogens (tertiary/aromatic N) is 2. The van der Waals surface area contributed by atoms with Crippen LogP contribution in [0.4, 0.5) is 0 Å². The largest absolute Gasteiger partial charge is 0.353 e. The molecule has 1 aliphatic heterocycles. The second-order valence-corrected chi connectivity index (χ2v) is 8.89. The number of carbonyl (C=O) groups excluding carboxylic acids is 1. The number of para-hydroxylation sites is 1. The van der Waals surface area contributed by atoms with Gasteiger partial charge in [0.15, 0.2) is 5.16 Å². The molecule has 29 heavy (non-hydrogen) atoms. The topological polar surface area (TPSA) is 68.4 Å². The van der Waals surface area contributed by atoms with E-state index in [9.17, 15) is 9.59 Å². The van der Waals surface area contributed by atoms with Crippen LogP contribution in [0.15, 0.2) is 34.2 Å². The summed E-state index contributed by atoms with van der Waals surface area (Å²) in [5.74, 6) is 0.253. The number of rotatable bonds is 9. The fourth-order valence-electron chi connectivity index (χ4n) is 3.79. The molecule has 0 unspecified atom stereocenters. The Morgan fingerprint density at radius 1 is 1.28 bits per heavy atom. The summed E-state index contributed by atoms with van der Waals surface area (Å²) in [5, 5.41) is 4.26. The molecule has 1 saturated heterocycles. The van der Waals surface area contributed by atoms with Crippen molar-refractivity contribution >= 4 is 28.6 Å². The van der Waals surface area contributed by atoms with Crippen LogP contribution in [0.25, 0.3) is 10.9 Å². The number of thioether (sulfide) groups is 1. The maximum atomic E-state index is 13.1. The number of carbonyl (C=O) groups is 1. The number of aromatic nitrogens is 2. The second kappa shape index (κ2) is 10.8. The Bertz CT molecular complexity index is 877. The third-order valence-corrected chi connectivity index (χ3v) is 6.63. The van der Waals surface area contributed by atoms with Crippen LogP contribution < -0.4 is 15.8 Å². The number of quaternary nitrogens is 1. The summed E-state index contributed by atoms with van der Waals surface area (Å²) < 4.78 is 1.77. The minimum Gasteiger partial charge on any atom is -0.353 e. The monoisotopic (exact) mass is 417 g/mol. The Hall–Kier alpha value is -1.86. The highest BCUT2D eigenvalue weighted by Gasteiger charge is 2.16. The van der Waals surface area contributed by atoms with E-state index in [1.807, 2.05) is 38.1 Å². The number of likely N-dealkylation sites (tertiary alicyclic amines) is 1. The van der Waals surface area contributed by atoms with Crippen LogP contribution >= 0.6 is 11.8 Å². The van der Waals surface area contributed by atoms with Crippen molar-refractivity contribution in [1.82, 2.24) is 14.9 Å². The smallest absolute Gasteiger partial charge is 0.262 e. The predicted octanol–water partition coefficient (Wildman–Crippen LogP) is 1.86. The van der Waals surface area contributed by atoms with Crippen molar-refractivity contribution in [2.24, 2.45) is 0 Å².